The number of hydrogen-bond acceptors (Lipinski definition) is 2. The number of alkyl halides is 1. The molecule has 0 atom stereocenters. The van der Waals surface area contributed by atoms with Gasteiger partial charge >= 0.3 is 0 Å². The molecular weight excluding hydrogens is 150 g/mol. The lowest BCUT2D eigenvalue weighted by Crippen LogP contribution is -1.81. The fraction of sp³-hybridized carbons (Fsp3) is 0.286. The molecule has 54 valence electrons. The van der Waals surface area contributed by atoms with E-state index in [-0.39, 0.29) is 0 Å². The molecule has 0 saturated heterocycles. The second kappa shape index (κ2) is 3.42. The fourth-order valence-electron chi connectivity index (χ4n) is 0.628. The van der Waals surface area contributed by atoms with E-state index in [1.54, 1.807) is 12.3 Å². The van der Waals surface area contributed by atoms with Crippen molar-refractivity contribution in [1.82, 2.24) is 4.98 Å². The molecule has 1 aromatic heterocycles. The SMILES string of the molecule is C=CCc1nc(CCl)co1. The molecule has 0 unspecified atom stereocenters. The topological polar surface area (TPSA) is 26.0 Å². The molecule has 0 aliphatic rings. The standard InChI is InChI=1S/C7H8ClNO/c1-2-3-7-9-6(4-8)5-10-7/h2,5H,1,3-4H2. The Labute approximate surface area is 64.5 Å². The van der Waals surface area contributed by atoms with Gasteiger partial charge in [-0.25, -0.2) is 4.98 Å². The minimum atomic E-state index is 0.403. The third-order valence-corrected chi connectivity index (χ3v) is 1.33. The summed E-state index contributed by atoms with van der Waals surface area (Å²) in [4.78, 5) is 4.05. The molecule has 0 aromatic carbocycles. The number of nitrogens with zero attached hydrogens (tertiary/aromatic N) is 1. The average Bonchev–Trinajstić information content (AvgIpc) is 2.37. The first-order chi connectivity index (χ1) is 4.86. The molecule has 0 amide bonds. The number of allylic oxidation sites excluding steroid dienone is 1. The highest BCUT2D eigenvalue weighted by atomic mass is 35.5. The summed E-state index contributed by atoms with van der Waals surface area (Å²) in [5, 5.41) is 0. The number of rotatable bonds is 3. The van der Waals surface area contributed by atoms with E-state index in [0.717, 1.165) is 5.69 Å². The van der Waals surface area contributed by atoms with Crippen LogP contribution in [0.4, 0.5) is 0 Å². The molecule has 2 nitrogen and oxygen atoms in total. The van der Waals surface area contributed by atoms with Crippen LogP contribution in [0.1, 0.15) is 11.6 Å². The van der Waals surface area contributed by atoms with E-state index in [2.05, 4.69) is 11.6 Å². The van der Waals surface area contributed by atoms with E-state index in [4.69, 9.17) is 16.0 Å². The lowest BCUT2D eigenvalue weighted by atomic mass is 10.4. The Kier molecular flexibility index (Phi) is 2.51. The summed E-state index contributed by atoms with van der Waals surface area (Å²) >= 11 is 5.49. The van der Waals surface area contributed by atoms with E-state index in [0.29, 0.717) is 18.2 Å². The first kappa shape index (κ1) is 7.35. The van der Waals surface area contributed by atoms with Crippen LogP contribution in [0, 0.1) is 0 Å². The predicted molar refractivity (Wildman–Crippen MR) is 40.0 cm³/mol. The maximum absolute atomic E-state index is 5.49. The Hall–Kier alpha value is -0.760. The molecule has 1 aromatic rings. The summed E-state index contributed by atoms with van der Waals surface area (Å²) in [5.74, 6) is 1.08. The van der Waals surface area contributed by atoms with E-state index in [9.17, 15) is 0 Å². The third-order valence-electron chi connectivity index (χ3n) is 1.06. The largest absolute Gasteiger partial charge is 0.448 e. The van der Waals surface area contributed by atoms with Gasteiger partial charge in [0.25, 0.3) is 0 Å². The van der Waals surface area contributed by atoms with Gasteiger partial charge in [-0.1, -0.05) is 6.08 Å². The van der Waals surface area contributed by atoms with Crippen molar-refractivity contribution in [2.45, 2.75) is 12.3 Å². The highest BCUT2D eigenvalue weighted by Gasteiger charge is 1.98. The number of hydrogen-bond donors (Lipinski definition) is 0. The lowest BCUT2D eigenvalue weighted by molar-refractivity contribution is 0.509. The van der Waals surface area contributed by atoms with E-state index in [1.165, 1.54) is 0 Å². The van der Waals surface area contributed by atoms with Gasteiger partial charge in [-0.3, -0.25) is 0 Å². The van der Waals surface area contributed by atoms with Crippen molar-refractivity contribution in [2.24, 2.45) is 0 Å². The van der Waals surface area contributed by atoms with Crippen molar-refractivity contribution in [3.63, 3.8) is 0 Å². The maximum Gasteiger partial charge on any atom is 0.198 e. The molecule has 0 bridgehead atoms. The molecule has 0 saturated carbocycles. The van der Waals surface area contributed by atoms with Crippen LogP contribution in [0.15, 0.2) is 23.3 Å². The van der Waals surface area contributed by atoms with Gasteiger partial charge in [-0.15, -0.1) is 18.2 Å². The summed E-state index contributed by atoms with van der Waals surface area (Å²) in [6.45, 7) is 3.56. The number of oxazole rings is 1. The smallest absolute Gasteiger partial charge is 0.198 e. The Balaban J connectivity index is 2.67. The van der Waals surface area contributed by atoms with Crippen LogP contribution < -0.4 is 0 Å². The van der Waals surface area contributed by atoms with Crippen molar-refractivity contribution in [2.75, 3.05) is 0 Å². The van der Waals surface area contributed by atoms with Gasteiger partial charge in [0.15, 0.2) is 5.89 Å². The fourth-order valence-corrected chi connectivity index (χ4v) is 0.750. The molecule has 0 N–H and O–H groups in total. The van der Waals surface area contributed by atoms with Gasteiger partial charge in [0.05, 0.1) is 11.6 Å². The monoisotopic (exact) mass is 157 g/mol. The van der Waals surface area contributed by atoms with Gasteiger partial charge in [-0.05, 0) is 0 Å². The minimum absolute atomic E-state index is 0.403. The highest BCUT2D eigenvalue weighted by Crippen LogP contribution is 2.04. The van der Waals surface area contributed by atoms with Crippen molar-refractivity contribution >= 4 is 11.6 Å². The zero-order valence-electron chi connectivity index (χ0n) is 5.51. The van der Waals surface area contributed by atoms with Crippen molar-refractivity contribution in [1.29, 1.82) is 0 Å². The zero-order valence-corrected chi connectivity index (χ0v) is 6.27. The molecule has 1 rings (SSSR count). The molecule has 0 aliphatic heterocycles. The first-order valence-corrected chi connectivity index (χ1v) is 3.50. The summed E-state index contributed by atoms with van der Waals surface area (Å²) in [7, 11) is 0. The molecule has 0 spiro atoms. The molecule has 1 heterocycles. The molecule has 10 heavy (non-hydrogen) atoms. The van der Waals surface area contributed by atoms with E-state index in [1.807, 2.05) is 0 Å². The summed E-state index contributed by atoms with van der Waals surface area (Å²) in [6.07, 6.45) is 3.96. The van der Waals surface area contributed by atoms with Crippen molar-refractivity contribution < 1.29 is 4.42 Å². The minimum Gasteiger partial charge on any atom is -0.448 e. The van der Waals surface area contributed by atoms with Crippen LogP contribution in [0.5, 0.6) is 0 Å². The Bertz CT molecular complexity index is 219. The van der Waals surface area contributed by atoms with Gasteiger partial charge in [0.2, 0.25) is 0 Å². The highest BCUT2D eigenvalue weighted by molar-refractivity contribution is 6.16. The van der Waals surface area contributed by atoms with Crippen LogP contribution in [-0.4, -0.2) is 4.98 Å². The second-order valence-corrected chi connectivity index (χ2v) is 2.13. The third kappa shape index (κ3) is 1.61. The summed E-state index contributed by atoms with van der Waals surface area (Å²) in [6, 6.07) is 0. The number of aromatic nitrogens is 1. The molecule has 3 heteroatoms. The molecule has 0 aliphatic carbocycles. The molecular formula is C7H8ClNO. The van der Waals surface area contributed by atoms with Gasteiger partial charge < -0.3 is 4.42 Å². The zero-order chi connectivity index (χ0) is 7.40. The Morgan fingerprint density at radius 3 is 3.10 bits per heavy atom. The quantitative estimate of drug-likeness (QED) is 0.496. The van der Waals surface area contributed by atoms with Crippen LogP contribution >= 0.6 is 11.6 Å². The van der Waals surface area contributed by atoms with E-state index >= 15 is 0 Å². The van der Waals surface area contributed by atoms with Gasteiger partial charge in [-0.2, -0.15) is 0 Å². The van der Waals surface area contributed by atoms with Crippen LogP contribution in [0.25, 0.3) is 0 Å². The Morgan fingerprint density at radius 1 is 1.80 bits per heavy atom. The van der Waals surface area contributed by atoms with Crippen LogP contribution in [0.2, 0.25) is 0 Å². The van der Waals surface area contributed by atoms with Gasteiger partial charge in [0.1, 0.15) is 6.26 Å². The number of halogens is 1. The normalized spacial score (nSPS) is 9.70. The van der Waals surface area contributed by atoms with Crippen LogP contribution in [0.3, 0.4) is 0 Å². The van der Waals surface area contributed by atoms with E-state index < -0.39 is 0 Å². The average molecular weight is 158 g/mol. The summed E-state index contributed by atoms with van der Waals surface area (Å²) < 4.78 is 5.03. The van der Waals surface area contributed by atoms with Gasteiger partial charge in [0, 0.05) is 6.42 Å². The first-order valence-electron chi connectivity index (χ1n) is 2.97. The predicted octanol–water partition coefficient (Wildman–Crippen LogP) is 2.14. The Morgan fingerprint density at radius 2 is 2.60 bits per heavy atom. The lowest BCUT2D eigenvalue weighted by Gasteiger charge is -1.81. The molecule has 0 fully saturated rings. The summed E-state index contributed by atoms with van der Waals surface area (Å²) in [5.41, 5.74) is 0.776. The van der Waals surface area contributed by atoms with Crippen LogP contribution in [-0.2, 0) is 12.3 Å². The van der Waals surface area contributed by atoms with Crippen molar-refractivity contribution in [3.05, 3.63) is 30.5 Å². The van der Waals surface area contributed by atoms with Crippen molar-refractivity contribution in [3.8, 4) is 0 Å². The maximum atomic E-state index is 5.49. The molecule has 0 radical (unpaired) electrons. The second-order valence-electron chi connectivity index (χ2n) is 1.86.